The van der Waals surface area contributed by atoms with E-state index < -0.39 is 0 Å². The van der Waals surface area contributed by atoms with Gasteiger partial charge < -0.3 is 9.13 Å². The minimum Gasteiger partial charge on any atom is -0.309 e. The summed E-state index contributed by atoms with van der Waals surface area (Å²) in [6, 6.07) is 109. The maximum absolute atomic E-state index is 5.29. The van der Waals surface area contributed by atoms with E-state index in [-0.39, 0.29) is 0 Å². The molecule has 0 bridgehead atoms. The minimum absolute atomic E-state index is 0.597. The van der Waals surface area contributed by atoms with Crippen molar-refractivity contribution in [2.45, 2.75) is 0 Å². The zero-order valence-electron chi connectivity index (χ0n) is 54.1. The van der Waals surface area contributed by atoms with Crippen molar-refractivity contribution in [2.75, 3.05) is 0 Å². The molecule has 102 heavy (non-hydrogen) atoms. The Bertz CT molecular complexity index is 7160. The van der Waals surface area contributed by atoms with Crippen LogP contribution in [0.1, 0.15) is 0 Å². The van der Waals surface area contributed by atoms with Gasteiger partial charge in [0.25, 0.3) is 0 Å². The second-order valence-corrected chi connectivity index (χ2v) is 30.4. The molecule has 0 atom stereocenters. The minimum atomic E-state index is 0.597. The molecule has 0 radical (unpaired) electrons. The molecule has 0 saturated heterocycles. The van der Waals surface area contributed by atoms with E-state index >= 15 is 0 Å². The third-order valence-corrected chi connectivity index (χ3v) is 25.0. The SMILES string of the molecule is c1ccc(-c2nc(-c3ccc(-c4cccc(-c5nc(-c6ccccc6)nc(-c6ccc7c(c6)sc6c7ccc7c8cc(-n9c%10ccccc%10c%10ccccc%109)ccc8sc76)n5)c4)cc3)nc(-c3ccc4c(c3)sc3cc5c(cc34)sc3ccc(-n4c6ccccc6c6ccccc64)cc35)n2)cc1. The van der Waals surface area contributed by atoms with Gasteiger partial charge in [0.2, 0.25) is 0 Å². The molecule has 0 aliphatic heterocycles. The summed E-state index contributed by atoms with van der Waals surface area (Å²) in [6.07, 6.45) is 0. The number of benzene rings is 14. The van der Waals surface area contributed by atoms with E-state index in [9.17, 15) is 0 Å². The highest BCUT2D eigenvalue weighted by Gasteiger charge is 2.22. The maximum atomic E-state index is 5.29. The quantitative estimate of drug-likeness (QED) is 0.143. The van der Waals surface area contributed by atoms with Crippen molar-refractivity contribution in [1.29, 1.82) is 0 Å². The van der Waals surface area contributed by atoms with E-state index in [0.29, 0.717) is 34.9 Å². The highest BCUT2D eigenvalue weighted by Crippen LogP contribution is 2.48. The van der Waals surface area contributed by atoms with Crippen LogP contribution in [0.25, 0.3) is 215 Å². The second-order valence-electron chi connectivity index (χ2n) is 26.1. The molecule has 0 saturated carbocycles. The molecule has 0 aliphatic carbocycles. The normalized spacial score (nSPS) is 12.1. The van der Waals surface area contributed by atoms with Gasteiger partial charge in [0, 0.05) is 138 Å². The molecule has 0 aliphatic rings. The average Bonchev–Trinajstić information content (AvgIpc) is 1.59. The molecule has 14 aromatic carbocycles. The molecular formula is C90H50N8S4. The number of thiophene rings is 4. The van der Waals surface area contributed by atoms with Gasteiger partial charge in [-0.1, -0.05) is 212 Å². The lowest BCUT2D eigenvalue weighted by atomic mass is 10.0. The van der Waals surface area contributed by atoms with E-state index in [4.69, 9.17) is 29.9 Å². The zero-order valence-corrected chi connectivity index (χ0v) is 57.3. The molecule has 0 spiro atoms. The predicted molar refractivity (Wildman–Crippen MR) is 431 cm³/mol. The molecule has 22 aromatic rings. The van der Waals surface area contributed by atoms with E-state index in [0.717, 1.165) is 55.9 Å². The van der Waals surface area contributed by atoms with E-state index in [1.807, 2.05) is 81.7 Å². The summed E-state index contributed by atoms with van der Waals surface area (Å²) in [7, 11) is 0. The van der Waals surface area contributed by atoms with Gasteiger partial charge in [-0.15, -0.1) is 45.3 Å². The van der Waals surface area contributed by atoms with Gasteiger partial charge in [0.05, 0.1) is 31.5 Å². The smallest absolute Gasteiger partial charge is 0.164 e. The van der Waals surface area contributed by atoms with Crippen molar-refractivity contribution in [3.8, 4) is 90.8 Å². The van der Waals surface area contributed by atoms with Crippen molar-refractivity contribution in [2.24, 2.45) is 0 Å². The summed E-state index contributed by atoms with van der Waals surface area (Å²) in [5, 5.41) is 15.1. The number of hydrogen-bond donors (Lipinski definition) is 0. The Morgan fingerprint density at radius 2 is 0.490 bits per heavy atom. The molecule has 0 amide bonds. The molecule has 22 rings (SSSR count). The van der Waals surface area contributed by atoms with Gasteiger partial charge in [0.1, 0.15) is 0 Å². The van der Waals surface area contributed by atoms with Crippen LogP contribution in [0.15, 0.2) is 303 Å². The first-order chi connectivity index (χ1) is 50.5. The van der Waals surface area contributed by atoms with Crippen molar-refractivity contribution in [1.82, 2.24) is 39.0 Å². The van der Waals surface area contributed by atoms with Crippen molar-refractivity contribution in [3.63, 3.8) is 0 Å². The van der Waals surface area contributed by atoms with Gasteiger partial charge in [-0.3, -0.25) is 0 Å². The Balaban J connectivity index is 0.586. The van der Waals surface area contributed by atoms with Gasteiger partial charge in [0.15, 0.2) is 34.9 Å². The number of para-hydroxylation sites is 4. The van der Waals surface area contributed by atoms with E-state index in [1.165, 1.54) is 124 Å². The lowest BCUT2D eigenvalue weighted by molar-refractivity contribution is 1.07. The van der Waals surface area contributed by atoms with Gasteiger partial charge in [-0.25, -0.2) is 29.9 Å². The van der Waals surface area contributed by atoms with Crippen LogP contribution in [0.2, 0.25) is 0 Å². The zero-order chi connectivity index (χ0) is 66.7. The topological polar surface area (TPSA) is 87.2 Å². The first kappa shape index (κ1) is 57.5. The van der Waals surface area contributed by atoms with Crippen LogP contribution in [0.3, 0.4) is 0 Å². The average molecular weight is 1370 g/mol. The molecular weight excluding hydrogens is 1320 g/mol. The van der Waals surface area contributed by atoms with Crippen LogP contribution in [-0.4, -0.2) is 39.0 Å². The number of hydrogen-bond acceptors (Lipinski definition) is 10. The fourth-order valence-electron chi connectivity index (χ4n) is 15.4. The van der Waals surface area contributed by atoms with Crippen LogP contribution in [0, 0.1) is 0 Å². The molecule has 8 nitrogen and oxygen atoms in total. The van der Waals surface area contributed by atoms with Crippen LogP contribution in [0.4, 0.5) is 0 Å². The fraction of sp³-hybridized carbons (Fsp3) is 0. The van der Waals surface area contributed by atoms with Crippen LogP contribution in [0.5, 0.6) is 0 Å². The van der Waals surface area contributed by atoms with Gasteiger partial charge >= 0.3 is 0 Å². The predicted octanol–water partition coefficient (Wildman–Crippen LogP) is 25.4. The Hall–Kier alpha value is -12.4. The maximum Gasteiger partial charge on any atom is 0.164 e. The summed E-state index contributed by atoms with van der Waals surface area (Å²) < 4.78 is 14.9. The first-order valence-corrected chi connectivity index (χ1v) is 37.2. The van der Waals surface area contributed by atoms with Crippen molar-refractivity contribution >= 4 is 170 Å². The van der Waals surface area contributed by atoms with E-state index in [1.54, 1.807) is 0 Å². The fourth-order valence-corrected chi connectivity index (χ4v) is 20.2. The molecule has 8 aromatic heterocycles. The number of fused-ring (bicyclic) bond motifs is 19. The highest BCUT2D eigenvalue weighted by molar-refractivity contribution is 7.33. The monoisotopic (exact) mass is 1370 g/mol. The molecule has 474 valence electrons. The van der Waals surface area contributed by atoms with Crippen LogP contribution >= 0.6 is 45.3 Å². The highest BCUT2D eigenvalue weighted by atomic mass is 32.1. The van der Waals surface area contributed by atoms with Crippen LogP contribution in [-0.2, 0) is 0 Å². The summed E-state index contributed by atoms with van der Waals surface area (Å²) in [6.45, 7) is 0. The Labute approximate surface area is 598 Å². The summed E-state index contributed by atoms with van der Waals surface area (Å²) >= 11 is 7.41. The molecule has 0 fully saturated rings. The van der Waals surface area contributed by atoms with Crippen molar-refractivity contribution in [3.05, 3.63) is 303 Å². The lowest BCUT2D eigenvalue weighted by Gasteiger charge is -2.11. The lowest BCUT2D eigenvalue weighted by Crippen LogP contribution is -2.00. The van der Waals surface area contributed by atoms with Gasteiger partial charge in [-0.2, -0.15) is 0 Å². The third-order valence-electron chi connectivity index (χ3n) is 20.2. The number of nitrogens with zero attached hydrogens (tertiary/aromatic N) is 8. The molecule has 12 heteroatoms. The Morgan fingerprint density at radius 1 is 0.176 bits per heavy atom. The first-order valence-electron chi connectivity index (χ1n) is 33.9. The Kier molecular flexibility index (Phi) is 12.7. The molecule has 0 N–H and O–H groups in total. The molecule has 0 unspecified atom stereocenters. The summed E-state index contributed by atoms with van der Waals surface area (Å²) in [5.41, 5.74) is 14.7. The number of aromatic nitrogens is 8. The summed E-state index contributed by atoms with van der Waals surface area (Å²) in [5.74, 6) is 3.67. The number of rotatable bonds is 9. The molecule has 8 heterocycles. The second kappa shape index (κ2) is 22.5. The van der Waals surface area contributed by atoms with E-state index in [2.05, 4.69) is 276 Å². The standard InChI is InChI=1S/C90H50N8S4/c1-3-16-52(17-4-1)85-91-87(95-89(93-85)57-35-39-66-71-49-82-72(50-81(71)100-79(66)45-57)70-48-60(36-42-77(70)99-82)98-75-28-13-9-24-63(75)64-25-10-14-29-76(64)98)54-32-30-51(31-33-54)55-20-15-21-56(44-55)88-92-86(53-18-5-2-6-19-53)94-90(96-88)58-34-38-65-67-40-41-68-69-47-59(37-43-78(69)101-84(68)83(67)102-80(65)46-58)97-73-26-11-7-22-61(73)62-23-8-12-27-74(62)97/h1-50H. The van der Waals surface area contributed by atoms with Crippen LogP contribution < -0.4 is 0 Å². The van der Waals surface area contributed by atoms with Gasteiger partial charge in [-0.05, 0) is 102 Å². The largest absolute Gasteiger partial charge is 0.309 e. The van der Waals surface area contributed by atoms with Crippen molar-refractivity contribution < 1.29 is 0 Å². The summed E-state index contributed by atoms with van der Waals surface area (Å²) in [4.78, 5) is 31.3. The third kappa shape index (κ3) is 9.10. The Morgan fingerprint density at radius 3 is 1.00 bits per heavy atom.